The number of imidazole rings is 1. The molecular weight excluding hydrogens is 497 g/mol. The van der Waals surface area contributed by atoms with Crippen molar-refractivity contribution in [2.75, 3.05) is 39.0 Å². The monoisotopic (exact) mass is 528 g/mol. The Hall–Kier alpha value is -3.73. The Bertz CT molecular complexity index is 1350. The number of fused-ring (bicyclic) bond motifs is 1. The smallest absolute Gasteiger partial charge is 0.337 e. The fraction of sp³-hybridized carbons (Fsp3) is 0.407. The van der Waals surface area contributed by atoms with E-state index < -0.39 is 17.6 Å². The van der Waals surface area contributed by atoms with Crippen LogP contribution in [0.5, 0.6) is 0 Å². The van der Waals surface area contributed by atoms with Gasteiger partial charge in [0.05, 0.1) is 28.2 Å². The van der Waals surface area contributed by atoms with Gasteiger partial charge in [0.15, 0.2) is 0 Å². The molecule has 0 aliphatic carbocycles. The van der Waals surface area contributed by atoms with E-state index in [1.807, 2.05) is 54.8 Å². The van der Waals surface area contributed by atoms with E-state index in [1.165, 1.54) is 0 Å². The molecule has 1 N–H and O–H groups in total. The highest BCUT2D eigenvalue weighted by Gasteiger charge is 2.32. The zero-order valence-electron chi connectivity index (χ0n) is 21.6. The van der Waals surface area contributed by atoms with Crippen molar-refractivity contribution in [3.05, 3.63) is 65.5 Å². The molecule has 1 atom stereocenters. The Morgan fingerprint density at radius 2 is 2.00 bits per heavy atom. The summed E-state index contributed by atoms with van der Waals surface area (Å²) < 4.78 is 41.5. The minimum absolute atomic E-state index is 0.0829. The lowest BCUT2D eigenvalue weighted by molar-refractivity contribution is -0.137. The Morgan fingerprint density at radius 1 is 1.21 bits per heavy atom. The number of aromatic nitrogens is 3. The van der Waals surface area contributed by atoms with E-state index in [0.29, 0.717) is 31.3 Å². The number of nitrogens with one attached hydrogen (secondary N) is 1. The molecule has 11 heteroatoms. The van der Waals surface area contributed by atoms with Crippen molar-refractivity contribution in [1.82, 2.24) is 24.3 Å². The molecule has 0 radical (unpaired) electrons. The number of pyridine rings is 1. The van der Waals surface area contributed by atoms with Gasteiger partial charge in [0.1, 0.15) is 0 Å². The minimum atomic E-state index is -4.62. The lowest BCUT2D eigenvalue weighted by atomic mass is 10.1. The molecule has 202 valence electrons. The average molecular weight is 529 g/mol. The maximum Gasteiger partial charge on any atom is 0.417 e. The third kappa shape index (κ3) is 6.21. The lowest BCUT2D eigenvalue weighted by Crippen LogP contribution is -2.35. The third-order valence-electron chi connectivity index (χ3n) is 6.52. The van der Waals surface area contributed by atoms with Gasteiger partial charge in [-0.3, -0.25) is 19.9 Å². The van der Waals surface area contributed by atoms with Crippen molar-refractivity contribution in [1.29, 1.82) is 0 Å². The molecule has 8 nitrogen and oxygen atoms in total. The molecule has 1 saturated heterocycles. The molecule has 0 unspecified atom stereocenters. The molecule has 2 amide bonds. The largest absolute Gasteiger partial charge is 0.417 e. The zero-order valence-corrected chi connectivity index (χ0v) is 21.6. The van der Waals surface area contributed by atoms with Crippen LogP contribution in [0.2, 0.25) is 0 Å². The van der Waals surface area contributed by atoms with Gasteiger partial charge >= 0.3 is 6.18 Å². The number of carbonyl (C=O) groups excluding carboxylic acids is 2. The summed E-state index contributed by atoms with van der Waals surface area (Å²) in [5.41, 5.74) is 1.17. The van der Waals surface area contributed by atoms with Crippen LogP contribution in [0.1, 0.15) is 46.8 Å². The summed E-state index contributed by atoms with van der Waals surface area (Å²) >= 11 is 0. The number of halogens is 3. The number of amides is 2. The Kier molecular flexibility index (Phi) is 8.15. The van der Waals surface area contributed by atoms with Crippen LogP contribution >= 0.6 is 0 Å². The fourth-order valence-electron chi connectivity index (χ4n) is 4.66. The van der Waals surface area contributed by atoms with Gasteiger partial charge in [0.2, 0.25) is 11.9 Å². The standard InChI is InChI=1S/C27H31F3N6O2/c1-18-8-6-10-22-24(18)36(21-9-4-5-13-35(17-21)23(37)11-7-12-34(2)3)26(32-22)33-25(38)19-14-20(16-31-15-19)27(28,29)30/h6-8,10-11,14-16,21H,4-5,9,12-13,17H2,1-3H3,(H,32,33,38)/t21-/m1/s1. The van der Waals surface area contributed by atoms with Crippen LogP contribution in [0.4, 0.5) is 19.1 Å². The van der Waals surface area contributed by atoms with Crippen LogP contribution in [-0.2, 0) is 11.0 Å². The molecule has 0 saturated carbocycles. The summed E-state index contributed by atoms with van der Waals surface area (Å²) in [4.78, 5) is 38.0. The molecule has 1 aromatic carbocycles. The lowest BCUT2D eigenvalue weighted by Gasteiger charge is -2.26. The summed E-state index contributed by atoms with van der Waals surface area (Å²) in [5.74, 6) is -0.606. The predicted molar refractivity (Wildman–Crippen MR) is 139 cm³/mol. The number of benzene rings is 1. The van der Waals surface area contributed by atoms with Gasteiger partial charge in [-0.25, -0.2) is 4.98 Å². The molecule has 0 spiro atoms. The first-order chi connectivity index (χ1) is 18.0. The molecule has 38 heavy (non-hydrogen) atoms. The molecule has 3 heterocycles. The van der Waals surface area contributed by atoms with E-state index in [9.17, 15) is 22.8 Å². The van der Waals surface area contributed by atoms with E-state index in [-0.39, 0.29) is 23.5 Å². The number of hydrogen-bond acceptors (Lipinski definition) is 5. The quantitative estimate of drug-likeness (QED) is 0.470. The number of nitrogens with zero attached hydrogens (tertiary/aromatic N) is 5. The highest BCUT2D eigenvalue weighted by Crippen LogP contribution is 2.33. The molecule has 1 aliphatic rings. The molecule has 1 fully saturated rings. The second-order valence-electron chi connectivity index (χ2n) is 9.76. The van der Waals surface area contributed by atoms with Crippen LogP contribution in [-0.4, -0.2) is 69.9 Å². The highest BCUT2D eigenvalue weighted by atomic mass is 19.4. The van der Waals surface area contributed by atoms with Gasteiger partial charge < -0.3 is 14.4 Å². The molecule has 4 rings (SSSR count). The van der Waals surface area contributed by atoms with Gasteiger partial charge in [-0.15, -0.1) is 0 Å². The topological polar surface area (TPSA) is 83.4 Å². The van der Waals surface area contributed by atoms with Crippen molar-refractivity contribution in [3.8, 4) is 0 Å². The van der Waals surface area contributed by atoms with E-state index in [2.05, 4.69) is 15.3 Å². The van der Waals surface area contributed by atoms with E-state index >= 15 is 0 Å². The van der Waals surface area contributed by atoms with Crippen molar-refractivity contribution < 1.29 is 22.8 Å². The molecule has 3 aromatic rings. The zero-order chi connectivity index (χ0) is 27.4. The first-order valence-electron chi connectivity index (χ1n) is 12.5. The first kappa shape index (κ1) is 27.3. The number of anilines is 1. The molecular formula is C27H31F3N6O2. The molecule has 2 aromatic heterocycles. The van der Waals surface area contributed by atoms with Crippen molar-refractivity contribution in [2.45, 2.75) is 38.4 Å². The van der Waals surface area contributed by atoms with Crippen molar-refractivity contribution >= 4 is 28.8 Å². The number of alkyl halides is 3. The number of carbonyl (C=O) groups is 2. The number of aryl methyl sites for hydroxylation is 1. The SMILES string of the molecule is Cc1cccc2nc(NC(=O)c3cncc(C(F)(F)F)c3)n([C@@H]3CCCCN(C(=O)C=CCN(C)C)C3)c12. The maximum atomic E-state index is 13.2. The van der Waals surface area contributed by atoms with E-state index in [1.54, 1.807) is 11.0 Å². The summed E-state index contributed by atoms with van der Waals surface area (Å²) in [6.45, 7) is 3.62. The second-order valence-corrected chi connectivity index (χ2v) is 9.76. The van der Waals surface area contributed by atoms with Gasteiger partial charge in [-0.1, -0.05) is 18.2 Å². The Morgan fingerprint density at radius 3 is 2.74 bits per heavy atom. The Labute approximate surface area is 219 Å². The normalized spacial score (nSPS) is 16.8. The van der Waals surface area contributed by atoms with E-state index in [4.69, 9.17) is 0 Å². The van der Waals surface area contributed by atoms with E-state index in [0.717, 1.165) is 42.6 Å². The van der Waals surface area contributed by atoms with Crippen LogP contribution in [0.25, 0.3) is 11.0 Å². The number of rotatable bonds is 6. The van der Waals surface area contributed by atoms with Gasteiger partial charge in [0.25, 0.3) is 5.91 Å². The second kappa shape index (κ2) is 11.3. The van der Waals surface area contributed by atoms with Crippen molar-refractivity contribution in [2.24, 2.45) is 0 Å². The number of likely N-dealkylation sites (tertiary alicyclic amines) is 1. The summed E-state index contributed by atoms with van der Waals surface area (Å²) in [6.07, 6.45) is 3.02. The minimum Gasteiger partial charge on any atom is -0.337 e. The van der Waals surface area contributed by atoms with Crippen LogP contribution in [0.15, 0.2) is 48.8 Å². The number of likely N-dealkylation sites (N-methyl/N-ethyl adjacent to an activating group) is 1. The summed E-state index contributed by atoms with van der Waals surface area (Å²) in [7, 11) is 3.85. The van der Waals surface area contributed by atoms with Crippen molar-refractivity contribution in [3.63, 3.8) is 0 Å². The van der Waals surface area contributed by atoms with Crippen LogP contribution in [0, 0.1) is 6.92 Å². The molecule has 1 aliphatic heterocycles. The summed E-state index contributed by atoms with van der Waals surface area (Å²) in [6, 6.07) is 6.20. The fourth-order valence-corrected chi connectivity index (χ4v) is 4.66. The average Bonchev–Trinajstić information content (AvgIpc) is 3.05. The van der Waals surface area contributed by atoms with Gasteiger partial charge in [-0.05, 0) is 58.0 Å². The third-order valence-corrected chi connectivity index (χ3v) is 6.52. The maximum absolute atomic E-state index is 13.2. The van der Waals surface area contributed by atoms with Gasteiger partial charge in [-0.2, -0.15) is 13.2 Å². The van der Waals surface area contributed by atoms with Gasteiger partial charge in [0, 0.05) is 38.1 Å². The number of para-hydroxylation sites is 1. The highest BCUT2D eigenvalue weighted by molar-refractivity contribution is 6.04. The number of hydrogen-bond donors (Lipinski definition) is 1. The van der Waals surface area contributed by atoms with Crippen LogP contribution < -0.4 is 5.32 Å². The first-order valence-corrected chi connectivity index (χ1v) is 12.5. The molecule has 0 bridgehead atoms. The summed E-state index contributed by atoms with van der Waals surface area (Å²) in [5, 5.41) is 2.71. The van der Waals surface area contributed by atoms with Crippen LogP contribution in [0.3, 0.4) is 0 Å². The Balaban J connectivity index is 1.68. The predicted octanol–water partition coefficient (Wildman–Crippen LogP) is 4.68.